The zero-order valence-corrected chi connectivity index (χ0v) is 12.5. The van der Waals surface area contributed by atoms with E-state index in [2.05, 4.69) is 5.32 Å². The maximum Gasteiger partial charge on any atom is 0.253 e. The van der Waals surface area contributed by atoms with Gasteiger partial charge >= 0.3 is 0 Å². The van der Waals surface area contributed by atoms with E-state index in [0.717, 1.165) is 5.56 Å². The molecule has 0 aliphatic heterocycles. The number of halogens is 1. The fourth-order valence-corrected chi connectivity index (χ4v) is 2.37. The molecule has 0 saturated heterocycles. The molecule has 0 fully saturated rings. The van der Waals surface area contributed by atoms with Gasteiger partial charge in [-0.3, -0.25) is 4.79 Å². The average molecular weight is 304 g/mol. The molecular weight excluding hydrogens is 286 g/mol. The topological polar surface area (TPSA) is 49.3 Å². The van der Waals surface area contributed by atoms with Crippen LogP contribution in [-0.2, 0) is 0 Å². The summed E-state index contributed by atoms with van der Waals surface area (Å²) in [4.78, 5) is 12.1. The van der Waals surface area contributed by atoms with Gasteiger partial charge in [0.25, 0.3) is 5.91 Å². The third kappa shape index (κ3) is 4.31. The third-order valence-electron chi connectivity index (χ3n) is 3.26. The first kappa shape index (κ1) is 15.5. The van der Waals surface area contributed by atoms with Crippen LogP contribution in [0.25, 0.3) is 0 Å². The summed E-state index contributed by atoms with van der Waals surface area (Å²) >= 11 is 5.99. The lowest BCUT2D eigenvalue weighted by Crippen LogP contribution is -2.33. The largest absolute Gasteiger partial charge is 0.388 e. The van der Waals surface area contributed by atoms with Crippen LogP contribution in [0.2, 0.25) is 5.02 Å². The van der Waals surface area contributed by atoms with Gasteiger partial charge in [-0.1, -0.05) is 54.1 Å². The normalized spacial score (nSPS) is 13.5. The standard InChI is InChI=1S/C17H18ClNO2/c1-12(11-16(20)13-7-3-2-4-8-13)19-17(21)14-9-5-6-10-15(14)18/h2-10,12,16,20H,11H2,1H3,(H,19,21)/t12-,16-/m1/s1. The van der Waals surface area contributed by atoms with E-state index in [0.29, 0.717) is 17.0 Å². The number of hydrogen-bond donors (Lipinski definition) is 2. The van der Waals surface area contributed by atoms with Crippen LogP contribution in [0.5, 0.6) is 0 Å². The summed E-state index contributed by atoms with van der Waals surface area (Å²) in [5.74, 6) is -0.228. The first-order valence-electron chi connectivity index (χ1n) is 6.86. The number of aliphatic hydroxyl groups is 1. The zero-order valence-electron chi connectivity index (χ0n) is 11.8. The van der Waals surface area contributed by atoms with Crippen LogP contribution < -0.4 is 5.32 Å². The van der Waals surface area contributed by atoms with Gasteiger partial charge in [0.05, 0.1) is 16.7 Å². The molecule has 0 unspecified atom stereocenters. The molecule has 2 rings (SSSR count). The fourth-order valence-electron chi connectivity index (χ4n) is 2.15. The Morgan fingerprint density at radius 1 is 1.14 bits per heavy atom. The quantitative estimate of drug-likeness (QED) is 0.887. The number of hydrogen-bond acceptors (Lipinski definition) is 2. The van der Waals surface area contributed by atoms with Gasteiger partial charge in [0.2, 0.25) is 0 Å². The number of carbonyl (C=O) groups excluding carboxylic acids is 1. The van der Waals surface area contributed by atoms with E-state index < -0.39 is 6.10 Å². The van der Waals surface area contributed by atoms with E-state index in [1.807, 2.05) is 37.3 Å². The summed E-state index contributed by atoms with van der Waals surface area (Å²) < 4.78 is 0. The van der Waals surface area contributed by atoms with Gasteiger partial charge in [-0.15, -0.1) is 0 Å². The summed E-state index contributed by atoms with van der Waals surface area (Å²) in [7, 11) is 0. The lowest BCUT2D eigenvalue weighted by atomic mass is 10.0. The minimum atomic E-state index is -0.604. The van der Waals surface area contributed by atoms with Gasteiger partial charge in [-0.2, -0.15) is 0 Å². The Bertz CT molecular complexity index is 601. The van der Waals surface area contributed by atoms with E-state index in [-0.39, 0.29) is 11.9 Å². The number of carbonyl (C=O) groups is 1. The number of aliphatic hydroxyl groups excluding tert-OH is 1. The third-order valence-corrected chi connectivity index (χ3v) is 3.59. The van der Waals surface area contributed by atoms with Crippen molar-refractivity contribution in [3.8, 4) is 0 Å². The maximum absolute atomic E-state index is 12.1. The first-order valence-corrected chi connectivity index (χ1v) is 7.24. The Labute approximate surface area is 129 Å². The molecule has 3 nitrogen and oxygen atoms in total. The van der Waals surface area contributed by atoms with Crippen LogP contribution in [0.3, 0.4) is 0 Å². The highest BCUT2D eigenvalue weighted by atomic mass is 35.5. The first-order chi connectivity index (χ1) is 10.1. The van der Waals surface area contributed by atoms with E-state index in [1.165, 1.54) is 0 Å². The average Bonchev–Trinajstić information content (AvgIpc) is 2.48. The molecule has 0 spiro atoms. The Morgan fingerprint density at radius 2 is 1.76 bits per heavy atom. The molecule has 2 N–H and O–H groups in total. The minimum Gasteiger partial charge on any atom is -0.388 e. The molecule has 1 amide bonds. The van der Waals surface area contributed by atoms with Crippen molar-refractivity contribution in [3.05, 3.63) is 70.7 Å². The van der Waals surface area contributed by atoms with Gasteiger partial charge in [-0.25, -0.2) is 0 Å². The lowest BCUT2D eigenvalue weighted by Gasteiger charge is -2.18. The molecule has 0 radical (unpaired) electrons. The molecule has 0 aromatic heterocycles. The highest BCUT2D eigenvalue weighted by molar-refractivity contribution is 6.33. The summed E-state index contributed by atoms with van der Waals surface area (Å²) in [5, 5.41) is 13.4. The Morgan fingerprint density at radius 3 is 2.43 bits per heavy atom. The SMILES string of the molecule is C[C@H](C[C@@H](O)c1ccccc1)NC(=O)c1ccccc1Cl. The molecule has 2 aromatic rings. The van der Waals surface area contributed by atoms with Gasteiger partial charge in [0.15, 0.2) is 0 Å². The van der Waals surface area contributed by atoms with Crippen LogP contribution in [0.15, 0.2) is 54.6 Å². The predicted octanol–water partition coefficient (Wildman–Crippen LogP) is 3.58. The van der Waals surface area contributed by atoms with Crippen molar-refractivity contribution in [1.29, 1.82) is 0 Å². The second-order valence-corrected chi connectivity index (χ2v) is 5.42. The van der Waals surface area contributed by atoms with Crippen molar-refractivity contribution in [2.75, 3.05) is 0 Å². The maximum atomic E-state index is 12.1. The monoisotopic (exact) mass is 303 g/mol. The molecule has 0 heterocycles. The molecule has 21 heavy (non-hydrogen) atoms. The highest BCUT2D eigenvalue weighted by Gasteiger charge is 2.16. The predicted molar refractivity (Wildman–Crippen MR) is 84.4 cm³/mol. The fraction of sp³-hybridized carbons (Fsp3) is 0.235. The van der Waals surface area contributed by atoms with Crippen molar-refractivity contribution in [2.45, 2.75) is 25.5 Å². The molecule has 2 atom stereocenters. The molecule has 0 saturated carbocycles. The molecule has 2 aromatic carbocycles. The van der Waals surface area contributed by atoms with E-state index in [4.69, 9.17) is 11.6 Å². The van der Waals surface area contributed by atoms with Gasteiger partial charge in [0, 0.05) is 6.04 Å². The number of nitrogens with one attached hydrogen (secondary N) is 1. The van der Waals surface area contributed by atoms with Gasteiger partial charge in [0.1, 0.15) is 0 Å². The van der Waals surface area contributed by atoms with Crippen LogP contribution in [0.4, 0.5) is 0 Å². The number of benzene rings is 2. The molecule has 4 heteroatoms. The second-order valence-electron chi connectivity index (χ2n) is 5.02. The van der Waals surface area contributed by atoms with E-state index in [9.17, 15) is 9.90 Å². The molecule has 110 valence electrons. The zero-order chi connectivity index (χ0) is 15.2. The smallest absolute Gasteiger partial charge is 0.253 e. The summed E-state index contributed by atoms with van der Waals surface area (Å²) in [6.07, 6.45) is -0.159. The van der Waals surface area contributed by atoms with Crippen molar-refractivity contribution < 1.29 is 9.90 Å². The van der Waals surface area contributed by atoms with E-state index in [1.54, 1.807) is 24.3 Å². The van der Waals surface area contributed by atoms with Crippen molar-refractivity contribution in [1.82, 2.24) is 5.32 Å². The van der Waals surface area contributed by atoms with Crippen LogP contribution >= 0.6 is 11.6 Å². The van der Waals surface area contributed by atoms with Gasteiger partial charge in [-0.05, 0) is 31.0 Å². The molecule has 0 bridgehead atoms. The van der Waals surface area contributed by atoms with E-state index >= 15 is 0 Å². The molecule has 0 aliphatic carbocycles. The Balaban J connectivity index is 1.94. The lowest BCUT2D eigenvalue weighted by molar-refractivity contribution is 0.0917. The summed E-state index contributed by atoms with van der Waals surface area (Å²) in [6, 6.07) is 16.1. The Hall–Kier alpha value is -1.84. The van der Waals surface area contributed by atoms with Crippen LogP contribution in [0, 0.1) is 0 Å². The summed E-state index contributed by atoms with van der Waals surface area (Å²) in [6.45, 7) is 1.86. The van der Waals surface area contributed by atoms with Crippen molar-refractivity contribution in [3.63, 3.8) is 0 Å². The van der Waals surface area contributed by atoms with Crippen LogP contribution in [0.1, 0.15) is 35.4 Å². The molecular formula is C17H18ClNO2. The highest BCUT2D eigenvalue weighted by Crippen LogP contribution is 2.19. The molecule has 0 aliphatic rings. The number of rotatable bonds is 5. The van der Waals surface area contributed by atoms with Crippen LogP contribution in [-0.4, -0.2) is 17.1 Å². The van der Waals surface area contributed by atoms with Crippen molar-refractivity contribution >= 4 is 17.5 Å². The number of amides is 1. The van der Waals surface area contributed by atoms with Gasteiger partial charge < -0.3 is 10.4 Å². The summed E-state index contributed by atoms with van der Waals surface area (Å²) in [5.41, 5.74) is 1.29. The van der Waals surface area contributed by atoms with Crippen molar-refractivity contribution in [2.24, 2.45) is 0 Å². The minimum absolute atomic E-state index is 0.163. The second kappa shape index (κ2) is 7.25. The Kier molecular flexibility index (Phi) is 5.37.